The van der Waals surface area contributed by atoms with Crippen LogP contribution in [-0.2, 0) is 0 Å². The Morgan fingerprint density at radius 2 is 2.05 bits per heavy atom. The molecule has 1 aromatic carbocycles. The van der Waals surface area contributed by atoms with Crippen LogP contribution in [0, 0.1) is 21.7 Å². The number of hydrogen-bond donors (Lipinski definition) is 1. The van der Waals surface area contributed by atoms with Crippen molar-refractivity contribution < 1.29 is 18.5 Å². The molecule has 0 radical (unpaired) electrons. The zero-order valence-corrected chi connectivity index (χ0v) is 10.9. The fourth-order valence-corrected chi connectivity index (χ4v) is 1.72. The summed E-state index contributed by atoms with van der Waals surface area (Å²) in [6, 6.07) is 3.68. The van der Waals surface area contributed by atoms with Crippen molar-refractivity contribution >= 4 is 28.9 Å². The lowest BCUT2D eigenvalue weighted by molar-refractivity contribution is -0.387. The molecular weight excluding hydrogens is 308 g/mol. The molecule has 0 unspecified atom stereocenters. The highest BCUT2D eigenvalue weighted by molar-refractivity contribution is 6.33. The molecule has 0 fully saturated rings. The molecule has 0 saturated heterocycles. The number of nitro benzene ring substituents is 1. The summed E-state index contributed by atoms with van der Waals surface area (Å²) in [5.74, 6) is -3.31. The predicted octanol–water partition coefficient (Wildman–Crippen LogP) is 3.17. The van der Waals surface area contributed by atoms with E-state index < -0.39 is 33.8 Å². The van der Waals surface area contributed by atoms with Crippen molar-refractivity contribution in [2.75, 3.05) is 5.32 Å². The van der Waals surface area contributed by atoms with Gasteiger partial charge in [0.1, 0.15) is 11.0 Å². The summed E-state index contributed by atoms with van der Waals surface area (Å²) in [6.07, 6.45) is 1.35. The summed E-state index contributed by atoms with van der Waals surface area (Å²) in [5.41, 5.74) is -1.54. The van der Waals surface area contributed by atoms with E-state index in [0.29, 0.717) is 12.1 Å². The number of nitrogens with zero attached hydrogens (tertiary/aromatic N) is 2. The van der Waals surface area contributed by atoms with Crippen molar-refractivity contribution in [3.8, 4) is 0 Å². The number of amides is 1. The second-order valence-electron chi connectivity index (χ2n) is 3.84. The first-order valence-corrected chi connectivity index (χ1v) is 5.83. The molecule has 21 heavy (non-hydrogen) atoms. The first-order valence-electron chi connectivity index (χ1n) is 5.45. The molecule has 6 nitrogen and oxygen atoms in total. The lowest BCUT2D eigenvalue weighted by Crippen LogP contribution is -2.14. The van der Waals surface area contributed by atoms with Gasteiger partial charge in [0.05, 0.1) is 16.2 Å². The van der Waals surface area contributed by atoms with Crippen LogP contribution in [-0.4, -0.2) is 15.8 Å². The minimum absolute atomic E-state index is 0.0504. The molecule has 1 N–H and O–H groups in total. The van der Waals surface area contributed by atoms with Gasteiger partial charge in [0.25, 0.3) is 5.91 Å². The quantitative estimate of drug-likeness (QED) is 0.536. The minimum Gasteiger partial charge on any atom is -0.319 e. The van der Waals surface area contributed by atoms with Gasteiger partial charge in [-0.2, -0.15) is 4.39 Å². The number of nitrogens with one attached hydrogen (secondary N) is 1. The SMILES string of the molecule is O=C(Nc1cc([N+](=O)[O-])c(F)cc1F)c1cccnc1Cl. The summed E-state index contributed by atoms with van der Waals surface area (Å²) in [6.45, 7) is 0. The molecule has 2 aromatic rings. The van der Waals surface area contributed by atoms with Crippen LogP contribution >= 0.6 is 11.6 Å². The lowest BCUT2D eigenvalue weighted by Gasteiger charge is -2.07. The van der Waals surface area contributed by atoms with Gasteiger partial charge in [0.2, 0.25) is 5.82 Å². The Balaban J connectivity index is 2.36. The van der Waals surface area contributed by atoms with Crippen molar-refractivity contribution in [3.63, 3.8) is 0 Å². The number of benzene rings is 1. The number of anilines is 1. The third-order valence-electron chi connectivity index (χ3n) is 2.49. The summed E-state index contributed by atoms with van der Waals surface area (Å²) in [4.78, 5) is 25.1. The molecule has 9 heteroatoms. The summed E-state index contributed by atoms with van der Waals surface area (Å²) in [7, 11) is 0. The van der Waals surface area contributed by atoms with Gasteiger partial charge in [-0.05, 0) is 12.1 Å². The fraction of sp³-hybridized carbons (Fsp3) is 0. The predicted molar refractivity (Wildman–Crippen MR) is 70.2 cm³/mol. The summed E-state index contributed by atoms with van der Waals surface area (Å²) in [5, 5.41) is 12.6. The van der Waals surface area contributed by atoms with E-state index >= 15 is 0 Å². The number of nitro groups is 1. The molecule has 0 spiro atoms. The Morgan fingerprint density at radius 1 is 1.33 bits per heavy atom. The molecule has 0 aliphatic rings. The van der Waals surface area contributed by atoms with Crippen molar-refractivity contribution in [1.29, 1.82) is 0 Å². The van der Waals surface area contributed by atoms with Crippen LogP contribution in [0.15, 0.2) is 30.5 Å². The van der Waals surface area contributed by atoms with E-state index in [1.807, 2.05) is 0 Å². The molecule has 0 bridgehead atoms. The Labute approximate surface area is 121 Å². The van der Waals surface area contributed by atoms with Crippen LogP contribution < -0.4 is 5.32 Å². The molecule has 108 valence electrons. The maximum atomic E-state index is 13.5. The van der Waals surface area contributed by atoms with Crippen molar-refractivity contribution in [2.24, 2.45) is 0 Å². The van der Waals surface area contributed by atoms with Crippen LogP contribution in [0.25, 0.3) is 0 Å². The van der Waals surface area contributed by atoms with Gasteiger partial charge in [-0.25, -0.2) is 9.37 Å². The Kier molecular flexibility index (Phi) is 4.08. The van der Waals surface area contributed by atoms with E-state index in [2.05, 4.69) is 10.3 Å². The monoisotopic (exact) mass is 313 g/mol. The third-order valence-corrected chi connectivity index (χ3v) is 2.79. The standard InChI is InChI=1S/C12H6ClF2N3O3/c13-11-6(2-1-3-16-11)12(19)17-9-5-10(18(20)21)8(15)4-7(9)14/h1-5H,(H,17,19). The van der Waals surface area contributed by atoms with E-state index in [0.717, 1.165) is 0 Å². The summed E-state index contributed by atoms with van der Waals surface area (Å²) < 4.78 is 26.7. The van der Waals surface area contributed by atoms with Crippen LogP contribution in [0.5, 0.6) is 0 Å². The number of halogens is 3. The van der Waals surface area contributed by atoms with E-state index in [1.54, 1.807) is 0 Å². The molecule has 0 aliphatic heterocycles. The van der Waals surface area contributed by atoms with Crippen LogP contribution in [0.2, 0.25) is 5.15 Å². The first kappa shape index (κ1) is 14.8. The van der Waals surface area contributed by atoms with Crippen molar-refractivity contribution in [3.05, 3.63) is 62.9 Å². The van der Waals surface area contributed by atoms with Gasteiger partial charge in [-0.3, -0.25) is 14.9 Å². The van der Waals surface area contributed by atoms with E-state index in [4.69, 9.17) is 11.6 Å². The third kappa shape index (κ3) is 3.11. The second kappa shape index (κ2) is 5.80. The highest BCUT2D eigenvalue weighted by Crippen LogP contribution is 2.26. The van der Waals surface area contributed by atoms with Gasteiger partial charge in [-0.15, -0.1) is 0 Å². The zero-order valence-electron chi connectivity index (χ0n) is 10.1. The minimum atomic E-state index is -1.34. The average molecular weight is 314 g/mol. The zero-order chi connectivity index (χ0) is 15.6. The van der Waals surface area contributed by atoms with Crippen LogP contribution in [0.3, 0.4) is 0 Å². The van der Waals surface area contributed by atoms with E-state index in [1.165, 1.54) is 18.3 Å². The maximum absolute atomic E-state index is 13.5. The number of carbonyl (C=O) groups is 1. The fourth-order valence-electron chi connectivity index (χ4n) is 1.52. The largest absolute Gasteiger partial charge is 0.319 e. The number of carbonyl (C=O) groups excluding carboxylic acids is 1. The number of rotatable bonds is 3. The smallest absolute Gasteiger partial charge is 0.307 e. The number of aromatic nitrogens is 1. The molecule has 1 heterocycles. The topological polar surface area (TPSA) is 85.1 Å². The molecule has 0 aliphatic carbocycles. The molecule has 1 aromatic heterocycles. The summed E-state index contributed by atoms with van der Waals surface area (Å²) >= 11 is 5.70. The van der Waals surface area contributed by atoms with Gasteiger partial charge < -0.3 is 5.32 Å². The highest BCUT2D eigenvalue weighted by Gasteiger charge is 2.20. The van der Waals surface area contributed by atoms with Gasteiger partial charge in [-0.1, -0.05) is 11.6 Å². The Hall–Kier alpha value is -2.61. The first-order chi connectivity index (χ1) is 9.90. The molecule has 0 saturated carbocycles. The molecule has 2 rings (SSSR count). The number of hydrogen-bond acceptors (Lipinski definition) is 4. The number of pyridine rings is 1. The Bertz CT molecular complexity index is 740. The average Bonchev–Trinajstić information content (AvgIpc) is 2.41. The van der Waals surface area contributed by atoms with Crippen LogP contribution in [0.4, 0.5) is 20.2 Å². The van der Waals surface area contributed by atoms with Crippen molar-refractivity contribution in [1.82, 2.24) is 4.98 Å². The van der Waals surface area contributed by atoms with Gasteiger partial charge in [0.15, 0.2) is 0 Å². The second-order valence-corrected chi connectivity index (χ2v) is 4.19. The lowest BCUT2D eigenvalue weighted by atomic mass is 10.2. The highest BCUT2D eigenvalue weighted by atomic mass is 35.5. The van der Waals surface area contributed by atoms with Gasteiger partial charge in [0, 0.05) is 18.3 Å². The normalized spacial score (nSPS) is 10.2. The molecule has 1 amide bonds. The van der Waals surface area contributed by atoms with E-state index in [9.17, 15) is 23.7 Å². The Morgan fingerprint density at radius 3 is 2.67 bits per heavy atom. The molecular formula is C12H6ClF2N3O3. The maximum Gasteiger partial charge on any atom is 0.307 e. The van der Waals surface area contributed by atoms with Crippen LogP contribution in [0.1, 0.15) is 10.4 Å². The molecule has 0 atom stereocenters. The van der Waals surface area contributed by atoms with Crippen molar-refractivity contribution in [2.45, 2.75) is 0 Å². The van der Waals surface area contributed by atoms with Gasteiger partial charge >= 0.3 is 5.69 Å². The van der Waals surface area contributed by atoms with E-state index in [-0.39, 0.29) is 10.7 Å².